The molecule has 1 unspecified atom stereocenters. The summed E-state index contributed by atoms with van der Waals surface area (Å²) in [5, 5.41) is 3.58. The van der Waals surface area contributed by atoms with Crippen molar-refractivity contribution in [3.05, 3.63) is 65.7 Å². The van der Waals surface area contributed by atoms with E-state index in [1.807, 2.05) is 73.7 Å². The molecule has 0 saturated heterocycles. The first kappa shape index (κ1) is 14.8. The first-order chi connectivity index (χ1) is 10.6. The second kappa shape index (κ2) is 5.55. The number of carbonyl (C=O) groups is 1. The number of nitrogens with zero attached hydrogens (tertiary/aromatic N) is 2. The number of hydrogen-bond donors (Lipinski definition) is 1. The Kier molecular flexibility index (Phi) is 3.72. The second-order valence-corrected chi connectivity index (χ2v) is 5.79. The van der Waals surface area contributed by atoms with Crippen LogP contribution in [0, 0.1) is 0 Å². The van der Waals surface area contributed by atoms with Gasteiger partial charge >= 0.3 is 0 Å². The second-order valence-electron chi connectivity index (χ2n) is 5.79. The number of rotatable bonds is 4. The summed E-state index contributed by atoms with van der Waals surface area (Å²) in [4.78, 5) is 13.3. The van der Waals surface area contributed by atoms with Crippen LogP contribution in [0.5, 0.6) is 0 Å². The molecule has 0 bridgehead atoms. The molecule has 1 aliphatic rings. The molecule has 1 amide bonds. The monoisotopic (exact) mass is 295 g/mol. The largest absolute Gasteiger partial charge is 0.330 e. The van der Waals surface area contributed by atoms with Gasteiger partial charge in [-0.25, -0.2) is 10.0 Å². The molecule has 3 rings (SSSR count). The Balaban J connectivity index is 2.29. The lowest BCUT2D eigenvalue weighted by Gasteiger charge is -2.31. The van der Waals surface area contributed by atoms with Gasteiger partial charge in [-0.1, -0.05) is 48.5 Å². The minimum atomic E-state index is -0.698. The minimum absolute atomic E-state index is 0.0651. The van der Waals surface area contributed by atoms with Crippen LogP contribution in [0.15, 0.2) is 54.6 Å². The van der Waals surface area contributed by atoms with Gasteiger partial charge in [0.1, 0.15) is 5.41 Å². The van der Waals surface area contributed by atoms with Crippen molar-refractivity contribution in [1.82, 2.24) is 5.01 Å². The molecular weight excluding hydrogens is 274 g/mol. The molecule has 0 radical (unpaired) electrons. The van der Waals surface area contributed by atoms with Crippen LogP contribution < -0.4 is 10.7 Å². The zero-order chi connectivity index (χ0) is 15.7. The van der Waals surface area contributed by atoms with Crippen molar-refractivity contribution < 1.29 is 4.79 Å². The summed E-state index contributed by atoms with van der Waals surface area (Å²) in [5.74, 6) is 0.0651. The topological polar surface area (TPSA) is 49.6 Å². The molecule has 2 aromatic carbocycles. The van der Waals surface area contributed by atoms with Gasteiger partial charge in [-0.3, -0.25) is 4.79 Å². The Morgan fingerprint density at radius 3 is 2.32 bits per heavy atom. The van der Waals surface area contributed by atoms with Gasteiger partial charge in [-0.05, 0) is 30.2 Å². The maximum atomic E-state index is 13.3. The summed E-state index contributed by atoms with van der Waals surface area (Å²) in [5.41, 5.74) is 8.16. The summed E-state index contributed by atoms with van der Waals surface area (Å²) < 4.78 is 0. The number of hydrogen-bond acceptors (Lipinski definition) is 3. The van der Waals surface area contributed by atoms with E-state index in [2.05, 4.69) is 0 Å². The number of carbonyl (C=O) groups excluding carboxylic acids is 1. The molecule has 0 spiro atoms. The minimum Gasteiger partial charge on any atom is -0.330 e. The maximum Gasteiger partial charge on any atom is 0.256 e. The normalized spacial score (nSPS) is 20.5. The molecule has 2 N–H and O–H groups in total. The van der Waals surface area contributed by atoms with Crippen LogP contribution in [0.3, 0.4) is 0 Å². The highest BCUT2D eigenvalue weighted by Gasteiger charge is 2.52. The van der Waals surface area contributed by atoms with Crippen molar-refractivity contribution in [2.45, 2.75) is 11.8 Å². The van der Waals surface area contributed by atoms with Gasteiger partial charge < -0.3 is 5.73 Å². The Morgan fingerprint density at radius 1 is 1.05 bits per heavy atom. The number of hydrazine groups is 1. The van der Waals surface area contributed by atoms with E-state index >= 15 is 0 Å². The van der Waals surface area contributed by atoms with Gasteiger partial charge in [0, 0.05) is 14.1 Å². The van der Waals surface area contributed by atoms with Crippen LogP contribution >= 0.6 is 0 Å². The van der Waals surface area contributed by atoms with Gasteiger partial charge in [0.15, 0.2) is 0 Å². The van der Waals surface area contributed by atoms with E-state index in [-0.39, 0.29) is 5.91 Å². The fourth-order valence-electron chi connectivity index (χ4n) is 3.43. The average Bonchev–Trinajstić information content (AvgIpc) is 2.78. The molecule has 4 nitrogen and oxygen atoms in total. The number of amides is 1. The predicted molar refractivity (Wildman–Crippen MR) is 88.5 cm³/mol. The average molecular weight is 295 g/mol. The predicted octanol–water partition coefficient (Wildman–Crippen LogP) is 2.14. The summed E-state index contributed by atoms with van der Waals surface area (Å²) >= 11 is 0. The third-order valence-electron chi connectivity index (χ3n) is 4.34. The smallest absolute Gasteiger partial charge is 0.256 e. The molecule has 22 heavy (non-hydrogen) atoms. The van der Waals surface area contributed by atoms with E-state index in [1.54, 1.807) is 5.01 Å². The number of fused-ring (bicyclic) bond motifs is 1. The van der Waals surface area contributed by atoms with Gasteiger partial charge in [0.05, 0.1) is 5.69 Å². The third kappa shape index (κ3) is 1.95. The lowest BCUT2D eigenvalue weighted by molar-refractivity contribution is -0.124. The van der Waals surface area contributed by atoms with Crippen LogP contribution in [0.25, 0.3) is 0 Å². The highest BCUT2D eigenvalue weighted by molar-refractivity contribution is 6.09. The first-order valence-electron chi connectivity index (χ1n) is 7.50. The van der Waals surface area contributed by atoms with E-state index < -0.39 is 5.41 Å². The molecule has 1 aliphatic heterocycles. The number of para-hydroxylation sites is 1. The van der Waals surface area contributed by atoms with Crippen molar-refractivity contribution in [2.75, 3.05) is 25.6 Å². The summed E-state index contributed by atoms with van der Waals surface area (Å²) in [6.45, 7) is 0.455. The molecule has 0 fully saturated rings. The number of anilines is 1. The highest BCUT2D eigenvalue weighted by Crippen LogP contribution is 2.48. The van der Waals surface area contributed by atoms with Crippen molar-refractivity contribution in [3.8, 4) is 0 Å². The fraction of sp³-hybridized carbons (Fsp3) is 0.278. The van der Waals surface area contributed by atoms with Gasteiger partial charge in [-0.2, -0.15) is 0 Å². The standard InChI is InChI=1S/C18H21N3O/c1-20(2)21-16-11-7-6-10-15(16)18(12-13-19,17(21)22)14-8-4-3-5-9-14/h3-11H,12-13,19H2,1-2H3. The molecule has 2 aromatic rings. The Morgan fingerprint density at radius 2 is 1.68 bits per heavy atom. The lowest BCUT2D eigenvalue weighted by Crippen LogP contribution is -2.47. The van der Waals surface area contributed by atoms with Crippen molar-refractivity contribution in [1.29, 1.82) is 0 Å². The van der Waals surface area contributed by atoms with Gasteiger partial charge in [-0.15, -0.1) is 0 Å². The Labute approximate surface area is 131 Å². The zero-order valence-corrected chi connectivity index (χ0v) is 13.0. The van der Waals surface area contributed by atoms with Crippen LogP contribution in [0.2, 0.25) is 0 Å². The molecule has 0 saturated carbocycles. The van der Waals surface area contributed by atoms with Crippen LogP contribution in [-0.4, -0.2) is 31.6 Å². The first-order valence-corrected chi connectivity index (χ1v) is 7.50. The van der Waals surface area contributed by atoms with Crippen LogP contribution in [0.1, 0.15) is 17.5 Å². The molecule has 0 aliphatic carbocycles. The van der Waals surface area contributed by atoms with E-state index in [4.69, 9.17) is 5.73 Å². The van der Waals surface area contributed by atoms with Gasteiger partial charge in [0.2, 0.25) is 0 Å². The van der Waals surface area contributed by atoms with Crippen molar-refractivity contribution in [3.63, 3.8) is 0 Å². The Bertz CT molecular complexity index is 684. The Hall–Kier alpha value is -2.17. The van der Waals surface area contributed by atoms with Crippen molar-refractivity contribution >= 4 is 11.6 Å². The SMILES string of the molecule is CN(C)N1C(=O)C(CCN)(c2ccccc2)c2ccccc21. The highest BCUT2D eigenvalue weighted by atomic mass is 16.2. The lowest BCUT2D eigenvalue weighted by atomic mass is 9.73. The van der Waals surface area contributed by atoms with E-state index in [0.717, 1.165) is 16.8 Å². The maximum absolute atomic E-state index is 13.3. The van der Waals surface area contributed by atoms with Crippen LogP contribution in [-0.2, 0) is 10.2 Å². The summed E-state index contributed by atoms with van der Waals surface area (Å²) in [6.07, 6.45) is 0.594. The fourth-order valence-corrected chi connectivity index (χ4v) is 3.43. The molecule has 0 aromatic heterocycles. The molecule has 1 atom stereocenters. The molecule has 1 heterocycles. The molecular formula is C18H21N3O. The zero-order valence-electron chi connectivity index (χ0n) is 13.0. The van der Waals surface area contributed by atoms with E-state index in [1.165, 1.54) is 0 Å². The summed E-state index contributed by atoms with van der Waals surface area (Å²) in [7, 11) is 3.77. The molecule has 4 heteroatoms. The quantitative estimate of drug-likeness (QED) is 0.940. The third-order valence-corrected chi connectivity index (χ3v) is 4.34. The molecule has 114 valence electrons. The number of nitrogens with two attached hydrogens (primary N) is 1. The number of benzene rings is 2. The van der Waals surface area contributed by atoms with E-state index in [9.17, 15) is 4.79 Å². The van der Waals surface area contributed by atoms with Crippen molar-refractivity contribution in [2.24, 2.45) is 5.73 Å². The van der Waals surface area contributed by atoms with E-state index in [0.29, 0.717) is 13.0 Å². The van der Waals surface area contributed by atoms with Gasteiger partial charge in [0.25, 0.3) is 5.91 Å². The van der Waals surface area contributed by atoms with Crippen LogP contribution in [0.4, 0.5) is 5.69 Å². The summed E-state index contributed by atoms with van der Waals surface area (Å²) in [6, 6.07) is 17.9.